The van der Waals surface area contributed by atoms with Crippen molar-refractivity contribution in [3.05, 3.63) is 132 Å². The number of ether oxygens (including phenoxy) is 10. The van der Waals surface area contributed by atoms with Gasteiger partial charge in [-0.25, -0.2) is 19.2 Å². The van der Waals surface area contributed by atoms with Gasteiger partial charge in [0.05, 0.1) is 70.1 Å². The number of amides is 2. The highest BCUT2D eigenvalue weighted by Crippen LogP contribution is 2.54. The lowest BCUT2D eigenvalue weighted by Crippen LogP contribution is -2.49. The zero-order valence-corrected chi connectivity index (χ0v) is 68.0. The number of benzene rings is 3. The molecule has 2 N–H and O–H groups in total. The van der Waals surface area contributed by atoms with Gasteiger partial charge in [-0.3, -0.25) is 19.2 Å². The van der Waals surface area contributed by atoms with Crippen molar-refractivity contribution >= 4 is 87.9 Å². The Kier molecular flexibility index (Phi) is 29.0. The summed E-state index contributed by atoms with van der Waals surface area (Å²) in [6.07, 6.45) is 15.4. The largest absolute Gasteiger partial charge is 0.513 e. The number of hydrogen-bond acceptors (Lipinski definition) is 18. The van der Waals surface area contributed by atoms with Crippen molar-refractivity contribution < 1.29 is 85.7 Å². The third kappa shape index (κ3) is 19.7. The second-order valence-electron chi connectivity index (χ2n) is 33.1. The minimum atomic E-state index is -0.882. The normalized spacial score (nSPS) is 25.4. The second kappa shape index (κ2) is 36.3. The van der Waals surface area contributed by atoms with Crippen LogP contribution in [0.15, 0.2) is 83.2 Å². The van der Waals surface area contributed by atoms with E-state index in [2.05, 4.69) is 31.4 Å². The summed E-state index contributed by atoms with van der Waals surface area (Å²) in [7, 11) is 3.40. The summed E-state index contributed by atoms with van der Waals surface area (Å²) < 4.78 is 55.8. The average Bonchev–Trinajstić information content (AvgIpc) is 1.62. The molecule has 2 amide bonds. The van der Waals surface area contributed by atoms with E-state index in [-0.39, 0.29) is 79.5 Å². The molecule has 0 bridgehead atoms. The van der Waals surface area contributed by atoms with E-state index in [1.807, 2.05) is 106 Å². The summed E-state index contributed by atoms with van der Waals surface area (Å²) in [6.45, 7) is 30.1. The zero-order chi connectivity index (χ0) is 79.0. The van der Waals surface area contributed by atoms with E-state index >= 15 is 0 Å². The number of hydrogen-bond donors (Lipinski definition) is 2. The van der Waals surface area contributed by atoms with Crippen molar-refractivity contribution in [3.63, 3.8) is 0 Å². The van der Waals surface area contributed by atoms with Crippen LogP contribution in [0, 0.1) is 62.2 Å². The van der Waals surface area contributed by atoms with Gasteiger partial charge in [0.15, 0.2) is 22.7 Å². The van der Waals surface area contributed by atoms with Crippen molar-refractivity contribution in [3.8, 4) is 0 Å². The Morgan fingerprint density at radius 2 is 0.972 bits per heavy atom. The third-order valence-corrected chi connectivity index (χ3v) is 23.7. The Bertz CT molecular complexity index is 3870. The number of carbonyl (C=O) groups excluding carboxylic acids is 8. The molecule has 0 radical (unpaired) electrons. The highest BCUT2D eigenvalue weighted by Gasteiger charge is 2.57. The minimum absolute atomic E-state index is 0. The number of rotatable bonds is 15. The summed E-state index contributed by atoms with van der Waals surface area (Å²) >= 11 is 12.4. The topological polar surface area (TPSA) is 253 Å². The molecule has 4 spiro atoms. The number of halogens is 2. The predicted molar refractivity (Wildman–Crippen MR) is 419 cm³/mol. The van der Waals surface area contributed by atoms with Gasteiger partial charge in [0, 0.05) is 24.8 Å². The first kappa shape index (κ1) is 87.1. The fraction of sp³-hybridized carbons (Fsp3) is 0.609. The molecule has 109 heavy (non-hydrogen) atoms. The van der Waals surface area contributed by atoms with Gasteiger partial charge in [0.1, 0.15) is 17.1 Å². The van der Waals surface area contributed by atoms with E-state index in [0.717, 1.165) is 117 Å². The van der Waals surface area contributed by atoms with Gasteiger partial charge in [-0.05, 0) is 241 Å². The number of aryl methyl sites for hydroxylation is 4. The molecule has 3 aromatic rings. The maximum Gasteiger partial charge on any atom is 0.513 e. The summed E-state index contributed by atoms with van der Waals surface area (Å²) in [5, 5.41) is 7.00. The van der Waals surface area contributed by atoms with Crippen LogP contribution in [0.4, 0.5) is 9.59 Å². The monoisotopic (exact) mass is 1550 g/mol. The Labute approximate surface area is 655 Å². The number of esters is 4. The minimum Gasteiger partial charge on any atom is -0.447 e. The Morgan fingerprint density at radius 1 is 0.532 bits per heavy atom. The number of nitrogens with one attached hydrogen (secondary N) is 2. The van der Waals surface area contributed by atoms with E-state index in [1.165, 1.54) is 0 Å². The lowest BCUT2D eigenvalue weighted by molar-refractivity contribution is -0.160. The summed E-state index contributed by atoms with van der Waals surface area (Å²) in [4.78, 5) is 102. The van der Waals surface area contributed by atoms with Crippen LogP contribution in [0.2, 0.25) is 10.0 Å². The van der Waals surface area contributed by atoms with Crippen LogP contribution in [0.5, 0.6) is 0 Å². The molecule has 0 aromatic heterocycles. The van der Waals surface area contributed by atoms with Crippen LogP contribution in [0.25, 0.3) is 16.7 Å². The maximum atomic E-state index is 13.0. The molecule has 5 saturated carbocycles. The molecule has 3 aromatic carbocycles. The second-order valence-corrected chi connectivity index (χ2v) is 33.9. The van der Waals surface area contributed by atoms with Crippen molar-refractivity contribution in [2.45, 2.75) is 281 Å². The van der Waals surface area contributed by atoms with Gasteiger partial charge in [-0.2, -0.15) is 0 Å². The van der Waals surface area contributed by atoms with Crippen LogP contribution in [-0.2, 0) is 76.1 Å². The summed E-state index contributed by atoms with van der Waals surface area (Å²) in [5.74, 6) is 1.42. The highest BCUT2D eigenvalue weighted by molar-refractivity contribution is 6.37. The van der Waals surface area contributed by atoms with Gasteiger partial charge >= 0.3 is 36.2 Å². The molecule has 598 valence electrons. The van der Waals surface area contributed by atoms with Crippen molar-refractivity contribution in [1.82, 2.24) is 10.6 Å². The molecule has 9 aliphatic rings. The Hall–Kier alpha value is -7.52. The molecule has 22 heteroatoms. The number of carbonyl (C=O) groups is 8. The molecule has 5 aliphatic carbocycles. The molecule has 0 saturated heterocycles. The molecular weight excluding hydrogens is 1430 g/mol. The van der Waals surface area contributed by atoms with Gasteiger partial charge in [0.2, 0.25) is 0 Å². The zero-order valence-electron chi connectivity index (χ0n) is 66.5. The molecule has 12 rings (SSSR count). The molecule has 5 fully saturated rings. The van der Waals surface area contributed by atoms with E-state index in [0.29, 0.717) is 124 Å². The lowest BCUT2D eigenvalue weighted by Gasteiger charge is -2.38. The quantitative estimate of drug-likeness (QED) is 0.106. The molecule has 4 aliphatic heterocycles. The first-order chi connectivity index (χ1) is 51.0. The highest BCUT2D eigenvalue weighted by atomic mass is 35.5. The Morgan fingerprint density at radius 3 is 1.39 bits per heavy atom. The third-order valence-electron chi connectivity index (χ3n) is 23.1. The first-order valence-electron chi connectivity index (χ1n) is 38.9. The van der Waals surface area contributed by atoms with E-state index < -0.39 is 46.0 Å². The van der Waals surface area contributed by atoms with E-state index in [9.17, 15) is 38.4 Å². The maximum absolute atomic E-state index is 13.0. The van der Waals surface area contributed by atoms with Crippen LogP contribution < -0.4 is 10.6 Å². The van der Waals surface area contributed by atoms with E-state index in [1.54, 1.807) is 46.3 Å². The fourth-order valence-electron chi connectivity index (χ4n) is 17.2. The standard InChI is InChI=1S/C23H36O4.C21H24Cl2O4.2C21H27NO5.CH4/c1-14-11-15(2)18(16(3)12-14)19-20(26-17(24)13-22(4,5)6)23(27-21(19)25)9-7-8-10-23;1-4-20(2,3)19(25)26-17-16(14-9-8-13(22)12-15(14)23)18(24)27-21(17)10-6-5-7-11-21;2*1-5-26-20(24)27-18-17(16-12-13(2)6-7-14(16)3)19(23)22-21(18)10-8-15(25-4)9-11-21;/h14-16,18H,7-13H2,1-6H3;8-9,12H,4-7,10-11H2,1-3H3;2*6-7,12,15H,5,8-11H2,1-4H3,(H,22,23);1H4. The van der Waals surface area contributed by atoms with Crippen LogP contribution in [0.1, 0.15) is 257 Å². The lowest BCUT2D eigenvalue weighted by atomic mass is 9.66. The molecule has 20 nitrogen and oxygen atoms in total. The molecular formula is C87H118Cl2N2O18. The van der Waals surface area contributed by atoms with Gasteiger partial charge in [0.25, 0.3) is 11.8 Å². The average molecular weight is 1550 g/mol. The first-order valence-corrected chi connectivity index (χ1v) is 39.7. The van der Waals surface area contributed by atoms with Crippen molar-refractivity contribution in [1.29, 1.82) is 0 Å². The van der Waals surface area contributed by atoms with Gasteiger partial charge in [-0.1, -0.05) is 139 Å². The summed E-state index contributed by atoms with van der Waals surface area (Å²) in [6, 6.07) is 16.7. The van der Waals surface area contributed by atoms with Gasteiger partial charge in [-0.15, -0.1) is 0 Å². The number of methoxy groups -OCH3 is 2. The Balaban J connectivity index is 0.000000182. The molecule has 4 heterocycles. The summed E-state index contributed by atoms with van der Waals surface area (Å²) in [5.41, 5.74) is 4.05. The van der Waals surface area contributed by atoms with Crippen LogP contribution in [0.3, 0.4) is 0 Å². The molecule has 2 unspecified atom stereocenters. The smallest absolute Gasteiger partial charge is 0.447 e. The van der Waals surface area contributed by atoms with Crippen LogP contribution >= 0.6 is 23.2 Å². The van der Waals surface area contributed by atoms with Crippen molar-refractivity contribution in [2.24, 2.45) is 34.5 Å². The molecule has 2 atom stereocenters. The predicted octanol–water partition coefficient (Wildman–Crippen LogP) is 19.3. The van der Waals surface area contributed by atoms with Crippen LogP contribution in [-0.4, -0.2) is 110 Å². The van der Waals surface area contributed by atoms with Crippen molar-refractivity contribution in [2.75, 3.05) is 27.4 Å². The van der Waals surface area contributed by atoms with E-state index in [4.69, 9.17) is 70.6 Å². The fourth-order valence-corrected chi connectivity index (χ4v) is 17.7. The SMILES string of the molecule is C.CC1CC(C)C(C2=C(OC(=O)CC(C)(C)C)C3(CCCC3)OC2=O)C(C)C1.CCC(C)(C)C(=O)OC1=C(c2ccc(Cl)cc2Cl)C(=O)OC12CCCCC2.CCOC(=O)OC1=C(c2cc(C)ccc2C)C(=O)NC12CCC(OC)CC2.CCOC(=O)OC1=C(c2cc(C)ccc2C)C(=O)NC12CCC(OC)CC2. The van der Waals surface area contributed by atoms with Gasteiger partial charge < -0.3 is 58.0 Å².